The molecule has 2 fully saturated rings. The molecule has 0 amide bonds. The van der Waals surface area contributed by atoms with Crippen molar-refractivity contribution in [2.75, 3.05) is 13.1 Å². The Kier molecular flexibility index (Phi) is 4.51. The van der Waals surface area contributed by atoms with E-state index in [4.69, 9.17) is 5.73 Å². The minimum Gasteiger partial charge on any atom is -0.480 e. The first-order valence-electron chi connectivity index (χ1n) is 7.70. The molecule has 1 aliphatic heterocycles. The molecule has 0 aromatic heterocycles. The lowest BCUT2D eigenvalue weighted by Crippen LogP contribution is -2.52. The van der Waals surface area contributed by atoms with Gasteiger partial charge in [0.25, 0.3) is 0 Å². The lowest BCUT2D eigenvalue weighted by molar-refractivity contribution is -0.145. The maximum absolute atomic E-state index is 11.4. The average Bonchev–Trinajstić information content (AvgIpc) is 2.73. The SMILES string of the molecule is CC1CCC(C)N(CCC2CCCC2(N)C(=O)O)C1. The molecule has 19 heavy (non-hydrogen) atoms. The minimum atomic E-state index is -0.968. The molecular weight excluding hydrogens is 240 g/mol. The van der Waals surface area contributed by atoms with Crippen molar-refractivity contribution in [1.29, 1.82) is 0 Å². The average molecular weight is 268 g/mol. The molecule has 0 spiro atoms. The highest BCUT2D eigenvalue weighted by Crippen LogP contribution is 2.36. The van der Waals surface area contributed by atoms with Gasteiger partial charge < -0.3 is 15.7 Å². The molecule has 1 saturated carbocycles. The van der Waals surface area contributed by atoms with Crippen LogP contribution in [0.2, 0.25) is 0 Å². The predicted molar refractivity (Wildman–Crippen MR) is 75.9 cm³/mol. The van der Waals surface area contributed by atoms with Gasteiger partial charge in [-0.25, -0.2) is 0 Å². The summed E-state index contributed by atoms with van der Waals surface area (Å²) in [6.45, 7) is 6.74. The van der Waals surface area contributed by atoms with Crippen molar-refractivity contribution in [2.24, 2.45) is 17.6 Å². The Morgan fingerprint density at radius 2 is 2.11 bits per heavy atom. The molecule has 4 heteroatoms. The van der Waals surface area contributed by atoms with Crippen molar-refractivity contribution < 1.29 is 9.90 Å². The zero-order valence-electron chi connectivity index (χ0n) is 12.3. The summed E-state index contributed by atoms with van der Waals surface area (Å²) in [5, 5.41) is 9.34. The Labute approximate surface area is 116 Å². The van der Waals surface area contributed by atoms with Crippen molar-refractivity contribution in [2.45, 2.75) is 64.0 Å². The highest BCUT2D eigenvalue weighted by atomic mass is 16.4. The zero-order chi connectivity index (χ0) is 14.0. The number of carboxylic acid groups (broad SMARTS) is 1. The van der Waals surface area contributed by atoms with Crippen LogP contribution in [0.4, 0.5) is 0 Å². The summed E-state index contributed by atoms with van der Waals surface area (Å²) in [6, 6.07) is 0.634. The van der Waals surface area contributed by atoms with Gasteiger partial charge in [-0.2, -0.15) is 0 Å². The van der Waals surface area contributed by atoms with Crippen molar-refractivity contribution in [3.63, 3.8) is 0 Å². The lowest BCUT2D eigenvalue weighted by Gasteiger charge is -2.38. The third-order valence-electron chi connectivity index (χ3n) is 5.28. The second-order valence-electron chi connectivity index (χ2n) is 6.75. The van der Waals surface area contributed by atoms with Crippen molar-refractivity contribution in [3.8, 4) is 0 Å². The fourth-order valence-corrected chi connectivity index (χ4v) is 3.80. The van der Waals surface area contributed by atoms with E-state index in [9.17, 15) is 9.90 Å². The number of aliphatic carboxylic acids is 1. The maximum Gasteiger partial charge on any atom is 0.323 e. The Hall–Kier alpha value is -0.610. The molecular formula is C15H28N2O2. The number of rotatable bonds is 4. The van der Waals surface area contributed by atoms with Crippen LogP contribution in [0.1, 0.15) is 52.4 Å². The van der Waals surface area contributed by atoms with Gasteiger partial charge in [-0.1, -0.05) is 13.3 Å². The van der Waals surface area contributed by atoms with E-state index in [0.29, 0.717) is 12.5 Å². The van der Waals surface area contributed by atoms with Crippen LogP contribution < -0.4 is 5.73 Å². The van der Waals surface area contributed by atoms with Crippen LogP contribution >= 0.6 is 0 Å². The number of piperidine rings is 1. The van der Waals surface area contributed by atoms with E-state index >= 15 is 0 Å². The second-order valence-corrected chi connectivity index (χ2v) is 6.75. The molecule has 1 aliphatic carbocycles. The molecule has 2 aliphatic rings. The van der Waals surface area contributed by atoms with Crippen molar-refractivity contribution >= 4 is 5.97 Å². The van der Waals surface area contributed by atoms with Gasteiger partial charge in [0.05, 0.1) is 0 Å². The largest absolute Gasteiger partial charge is 0.480 e. The summed E-state index contributed by atoms with van der Waals surface area (Å²) < 4.78 is 0. The molecule has 3 N–H and O–H groups in total. The Bertz CT molecular complexity index is 334. The van der Waals surface area contributed by atoms with Crippen LogP contribution in [-0.4, -0.2) is 40.6 Å². The fraction of sp³-hybridized carbons (Fsp3) is 0.933. The topological polar surface area (TPSA) is 66.6 Å². The van der Waals surface area contributed by atoms with Crippen LogP contribution in [-0.2, 0) is 4.79 Å². The summed E-state index contributed by atoms with van der Waals surface area (Å²) in [5.74, 6) is 0.103. The van der Waals surface area contributed by atoms with Crippen LogP contribution in [0.5, 0.6) is 0 Å². The first kappa shape index (κ1) is 14.8. The fourth-order valence-electron chi connectivity index (χ4n) is 3.80. The number of carboxylic acids is 1. The molecule has 0 bridgehead atoms. The van der Waals surface area contributed by atoms with E-state index in [2.05, 4.69) is 18.7 Å². The predicted octanol–water partition coefficient (Wildman–Crippen LogP) is 2.08. The van der Waals surface area contributed by atoms with E-state index in [-0.39, 0.29) is 5.92 Å². The van der Waals surface area contributed by atoms with Gasteiger partial charge in [-0.3, -0.25) is 4.79 Å². The third kappa shape index (κ3) is 3.11. The van der Waals surface area contributed by atoms with E-state index in [1.54, 1.807) is 0 Å². The van der Waals surface area contributed by atoms with Gasteiger partial charge in [-0.05, 0) is 57.4 Å². The van der Waals surface area contributed by atoms with E-state index in [0.717, 1.165) is 38.3 Å². The molecule has 110 valence electrons. The van der Waals surface area contributed by atoms with Crippen LogP contribution in [0.25, 0.3) is 0 Å². The van der Waals surface area contributed by atoms with Crippen molar-refractivity contribution in [1.82, 2.24) is 4.90 Å². The molecule has 4 atom stereocenters. The van der Waals surface area contributed by atoms with Gasteiger partial charge in [0.15, 0.2) is 0 Å². The standard InChI is InChI=1S/C15H28N2O2/c1-11-5-6-12(2)17(10-11)9-7-13-4-3-8-15(13,16)14(18)19/h11-13H,3-10,16H2,1-2H3,(H,18,19). The molecule has 0 aromatic rings. The quantitative estimate of drug-likeness (QED) is 0.819. The monoisotopic (exact) mass is 268 g/mol. The van der Waals surface area contributed by atoms with Crippen molar-refractivity contribution in [3.05, 3.63) is 0 Å². The summed E-state index contributed by atoms with van der Waals surface area (Å²) in [4.78, 5) is 13.9. The van der Waals surface area contributed by atoms with Crippen LogP contribution in [0.3, 0.4) is 0 Å². The lowest BCUT2D eigenvalue weighted by atomic mass is 9.85. The maximum atomic E-state index is 11.4. The molecule has 0 aromatic carbocycles. The molecule has 4 unspecified atom stereocenters. The highest BCUT2D eigenvalue weighted by molar-refractivity contribution is 5.79. The summed E-state index contributed by atoms with van der Waals surface area (Å²) >= 11 is 0. The van der Waals surface area contributed by atoms with Gasteiger partial charge in [0, 0.05) is 12.6 Å². The number of hydrogen-bond acceptors (Lipinski definition) is 3. The first-order chi connectivity index (χ1) is 8.93. The Morgan fingerprint density at radius 1 is 1.37 bits per heavy atom. The molecule has 1 saturated heterocycles. The summed E-state index contributed by atoms with van der Waals surface area (Å²) in [7, 11) is 0. The van der Waals surface area contributed by atoms with E-state index in [1.165, 1.54) is 12.8 Å². The number of likely N-dealkylation sites (tertiary alicyclic amines) is 1. The highest BCUT2D eigenvalue weighted by Gasteiger charge is 2.45. The Balaban J connectivity index is 1.89. The number of carbonyl (C=O) groups is 1. The molecule has 2 rings (SSSR count). The van der Waals surface area contributed by atoms with Gasteiger partial charge in [-0.15, -0.1) is 0 Å². The normalized spacial score (nSPS) is 40.5. The molecule has 0 radical (unpaired) electrons. The summed E-state index contributed by atoms with van der Waals surface area (Å²) in [5.41, 5.74) is 5.14. The number of nitrogens with two attached hydrogens (primary N) is 1. The van der Waals surface area contributed by atoms with Crippen LogP contribution in [0.15, 0.2) is 0 Å². The van der Waals surface area contributed by atoms with Gasteiger partial charge in [0.1, 0.15) is 5.54 Å². The third-order valence-corrected chi connectivity index (χ3v) is 5.28. The summed E-state index contributed by atoms with van der Waals surface area (Å²) in [6.07, 6.45) is 6.08. The number of nitrogens with zero attached hydrogens (tertiary/aromatic N) is 1. The molecule has 4 nitrogen and oxygen atoms in total. The minimum absolute atomic E-state index is 0.148. The zero-order valence-corrected chi connectivity index (χ0v) is 12.3. The number of hydrogen-bond donors (Lipinski definition) is 2. The Morgan fingerprint density at radius 3 is 2.79 bits per heavy atom. The van der Waals surface area contributed by atoms with Crippen LogP contribution in [0, 0.1) is 11.8 Å². The van der Waals surface area contributed by atoms with Gasteiger partial charge >= 0.3 is 5.97 Å². The first-order valence-corrected chi connectivity index (χ1v) is 7.70. The van der Waals surface area contributed by atoms with E-state index < -0.39 is 11.5 Å². The van der Waals surface area contributed by atoms with Gasteiger partial charge in [0.2, 0.25) is 0 Å². The van der Waals surface area contributed by atoms with E-state index in [1.807, 2.05) is 0 Å². The molecule has 1 heterocycles. The smallest absolute Gasteiger partial charge is 0.323 e. The second kappa shape index (κ2) is 5.80.